The Morgan fingerprint density at radius 2 is 1.81 bits per heavy atom. The van der Waals surface area contributed by atoms with Gasteiger partial charge in [-0.3, -0.25) is 4.79 Å². The van der Waals surface area contributed by atoms with Crippen molar-refractivity contribution in [3.8, 4) is 5.69 Å². The maximum atomic E-state index is 13.0. The Labute approximate surface area is 189 Å². The Bertz CT molecular complexity index is 1160. The first-order valence-electron chi connectivity index (χ1n) is 10.9. The molecule has 0 unspecified atom stereocenters. The van der Waals surface area contributed by atoms with Crippen LogP contribution < -0.4 is 5.32 Å². The lowest BCUT2D eigenvalue weighted by Gasteiger charge is -2.32. The van der Waals surface area contributed by atoms with Gasteiger partial charge in [-0.25, -0.2) is 13.4 Å². The van der Waals surface area contributed by atoms with Crippen LogP contribution in [0.1, 0.15) is 55.1 Å². The maximum Gasteiger partial charge on any atom is 0.251 e. The minimum Gasteiger partial charge on any atom is -0.346 e. The van der Waals surface area contributed by atoms with E-state index in [0.29, 0.717) is 12.1 Å². The molecular formula is C24H28N4O3S. The molecule has 1 saturated heterocycles. The summed E-state index contributed by atoms with van der Waals surface area (Å²) in [6.45, 7) is 4.41. The van der Waals surface area contributed by atoms with E-state index < -0.39 is 10.0 Å². The third-order valence-corrected chi connectivity index (χ3v) is 8.04. The molecule has 1 aliphatic rings. The van der Waals surface area contributed by atoms with Gasteiger partial charge in [-0.2, -0.15) is 4.31 Å². The number of nitrogens with one attached hydrogen (secondary N) is 1. The quantitative estimate of drug-likeness (QED) is 0.614. The normalized spacial score (nSPS) is 18.2. The van der Waals surface area contributed by atoms with Crippen LogP contribution in [0.15, 0.2) is 72.1 Å². The summed E-state index contributed by atoms with van der Waals surface area (Å²) in [5.41, 5.74) is 2.39. The van der Waals surface area contributed by atoms with Gasteiger partial charge in [-0.05, 0) is 68.7 Å². The van der Waals surface area contributed by atoms with Crippen LogP contribution >= 0.6 is 0 Å². The molecule has 2 heterocycles. The third kappa shape index (κ3) is 4.61. The summed E-state index contributed by atoms with van der Waals surface area (Å²) in [5.74, 6) is -0.244. The maximum absolute atomic E-state index is 13.0. The highest BCUT2D eigenvalue weighted by Crippen LogP contribution is 2.25. The number of imidazole rings is 1. The van der Waals surface area contributed by atoms with Gasteiger partial charge >= 0.3 is 0 Å². The summed E-state index contributed by atoms with van der Waals surface area (Å²) in [6, 6.07) is 13.9. The fourth-order valence-corrected chi connectivity index (χ4v) is 5.75. The summed E-state index contributed by atoms with van der Waals surface area (Å²) < 4.78 is 29.4. The Morgan fingerprint density at radius 1 is 1.09 bits per heavy atom. The van der Waals surface area contributed by atoms with Gasteiger partial charge in [0, 0.05) is 36.2 Å². The fourth-order valence-electron chi connectivity index (χ4n) is 4.05. The molecule has 0 spiro atoms. The molecule has 0 aliphatic carbocycles. The van der Waals surface area contributed by atoms with E-state index in [0.717, 1.165) is 30.5 Å². The molecule has 7 nitrogen and oxygen atoms in total. The smallest absolute Gasteiger partial charge is 0.251 e. The summed E-state index contributed by atoms with van der Waals surface area (Å²) in [7, 11) is -3.55. The van der Waals surface area contributed by atoms with E-state index in [1.54, 1.807) is 29.0 Å². The molecule has 0 saturated carbocycles. The van der Waals surface area contributed by atoms with E-state index >= 15 is 0 Å². The first-order chi connectivity index (χ1) is 15.4. The number of sulfonamides is 1. The highest BCUT2D eigenvalue weighted by atomic mass is 32.2. The summed E-state index contributed by atoms with van der Waals surface area (Å²) in [6.07, 6.45) is 8.13. The summed E-state index contributed by atoms with van der Waals surface area (Å²) in [4.78, 5) is 17.0. The van der Waals surface area contributed by atoms with Crippen LogP contribution in [0.2, 0.25) is 0 Å². The lowest BCUT2D eigenvalue weighted by molar-refractivity contribution is 0.0939. The number of amides is 1. The molecule has 1 aliphatic heterocycles. The first-order valence-corrected chi connectivity index (χ1v) is 12.3. The molecule has 3 aromatic rings. The molecule has 1 aromatic heterocycles. The Hall–Kier alpha value is -2.97. The van der Waals surface area contributed by atoms with Crippen LogP contribution in [-0.4, -0.2) is 40.8 Å². The van der Waals surface area contributed by atoms with Crippen molar-refractivity contribution in [2.45, 2.75) is 50.1 Å². The highest BCUT2D eigenvalue weighted by molar-refractivity contribution is 7.89. The van der Waals surface area contributed by atoms with Crippen LogP contribution in [0.3, 0.4) is 0 Å². The van der Waals surface area contributed by atoms with Crippen molar-refractivity contribution in [3.05, 3.63) is 78.4 Å². The molecule has 168 valence electrons. The van der Waals surface area contributed by atoms with Crippen LogP contribution in [0, 0.1) is 0 Å². The molecule has 0 bridgehead atoms. The minimum atomic E-state index is -3.55. The molecule has 4 rings (SSSR count). The zero-order valence-corrected chi connectivity index (χ0v) is 19.1. The number of carbonyl (C=O) groups excluding carboxylic acids is 1. The number of piperidine rings is 1. The van der Waals surface area contributed by atoms with Gasteiger partial charge in [-0.15, -0.1) is 0 Å². The van der Waals surface area contributed by atoms with Crippen LogP contribution in [0.4, 0.5) is 0 Å². The average molecular weight is 453 g/mol. The zero-order chi connectivity index (χ0) is 22.7. The number of rotatable bonds is 6. The van der Waals surface area contributed by atoms with E-state index in [1.165, 1.54) is 12.1 Å². The largest absolute Gasteiger partial charge is 0.346 e. The predicted molar refractivity (Wildman–Crippen MR) is 123 cm³/mol. The molecule has 0 radical (unpaired) electrons. The standard InChI is InChI=1S/C24H28N4O3S/c1-18-5-3-4-15-28(18)32(30,31)23-12-8-21(9-13-23)24(29)26-19(2)20-6-10-22(11-7-20)27-16-14-25-17-27/h6-14,16-19H,3-5,15H2,1-2H3,(H,26,29)/t18-,19+/m0/s1. The molecule has 1 fully saturated rings. The first kappa shape index (κ1) is 22.2. The van der Waals surface area contributed by atoms with Crippen LogP contribution in [0.25, 0.3) is 5.69 Å². The fraction of sp³-hybridized carbons (Fsp3) is 0.333. The van der Waals surface area contributed by atoms with Gasteiger partial charge < -0.3 is 9.88 Å². The Balaban J connectivity index is 1.42. The van der Waals surface area contributed by atoms with Crippen LogP contribution in [0.5, 0.6) is 0 Å². The van der Waals surface area contributed by atoms with Crippen molar-refractivity contribution < 1.29 is 13.2 Å². The lowest BCUT2D eigenvalue weighted by atomic mass is 10.1. The van der Waals surface area contributed by atoms with E-state index in [-0.39, 0.29) is 22.9 Å². The average Bonchev–Trinajstić information content (AvgIpc) is 3.34. The molecule has 32 heavy (non-hydrogen) atoms. The number of carbonyl (C=O) groups is 1. The van der Waals surface area contributed by atoms with Crippen molar-refractivity contribution in [2.75, 3.05) is 6.54 Å². The van der Waals surface area contributed by atoms with E-state index in [9.17, 15) is 13.2 Å². The van der Waals surface area contributed by atoms with E-state index in [1.807, 2.05) is 48.9 Å². The SMILES string of the molecule is C[C@@H](NC(=O)c1ccc(S(=O)(=O)N2CCCC[C@@H]2C)cc1)c1ccc(-n2ccnc2)cc1. The third-order valence-electron chi connectivity index (χ3n) is 6.01. The van der Waals surface area contributed by atoms with Crippen molar-refractivity contribution in [2.24, 2.45) is 0 Å². The predicted octanol–water partition coefficient (Wildman–Crippen LogP) is 3.93. The van der Waals surface area contributed by atoms with E-state index in [4.69, 9.17) is 0 Å². The Kier molecular flexibility index (Phi) is 6.43. The molecule has 8 heteroatoms. The summed E-state index contributed by atoms with van der Waals surface area (Å²) in [5, 5.41) is 2.98. The second-order valence-electron chi connectivity index (χ2n) is 8.24. The second-order valence-corrected chi connectivity index (χ2v) is 10.1. The van der Waals surface area contributed by atoms with Gasteiger partial charge in [0.05, 0.1) is 17.3 Å². The topological polar surface area (TPSA) is 84.3 Å². The Morgan fingerprint density at radius 3 is 2.44 bits per heavy atom. The number of hydrogen-bond donors (Lipinski definition) is 1. The van der Waals surface area contributed by atoms with Gasteiger partial charge in [0.15, 0.2) is 0 Å². The summed E-state index contributed by atoms with van der Waals surface area (Å²) >= 11 is 0. The second kappa shape index (κ2) is 9.26. The van der Waals surface area contributed by atoms with Gasteiger partial charge in [0.2, 0.25) is 10.0 Å². The monoisotopic (exact) mass is 452 g/mol. The van der Waals surface area contributed by atoms with Gasteiger partial charge in [-0.1, -0.05) is 18.6 Å². The lowest BCUT2D eigenvalue weighted by Crippen LogP contribution is -2.41. The van der Waals surface area contributed by atoms with Crippen molar-refractivity contribution in [1.29, 1.82) is 0 Å². The molecule has 1 N–H and O–H groups in total. The number of benzene rings is 2. The highest BCUT2D eigenvalue weighted by Gasteiger charge is 2.30. The number of aromatic nitrogens is 2. The molecular weight excluding hydrogens is 424 g/mol. The van der Waals surface area contributed by atoms with Gasteiger partial charge in [0.1, 0.15) is 0 Å². The van der Waals surface area contributed by atoms with Gasteiger partial charge in [0.25, 0.3) is 5.91 Å². The van der Waals surface area contributed by atoms with Crippen molar-refractivity contribution >= 4 is 15.9 Å². The zero-order valence-electron chi connectivity index (χ0n) is 18.3. The van der Waals surface area contributed by atoms with Crippen LogP contribution in [-0.2, 0) is 10.0 Å². The van der Waals surface area contributed by atoms with Crippen molar-refractivity contribution in [1.82, 2.24) is 19.2 Å². The number of hydrogen-bond acceptors (Lipinski definition) is 4. The molecule has 2 aromatic carbocycles. The van der Waals surface area contributed by atoms with E-state index in [2.05, 4.69) is 10.3 Å². The van der Waals surface area contributed by atoms with Crippen molar-refractivity contribution in [3.63, 3.8) is 0 Å². The molecule has 2 atom stereocenters. The number of nitrogens with zero attached hydrogens (tertiary/aromatic N) is 3. The minimum absolute atomic E-state index is 0.00209. The molecule has 1 amide bonds.